The van der Waals surface area contributed by atoms with E-state index in [-0.39, 0.29) is 11.0 Å². The summed E-state index contributed by atoms with van der Waals surface area (Å²) in [6.07, 6.45) is 0.375. The van der Waals surface area contributed by atoms with E-state index in [1.807, 2.05) is 0 Å². The van der Waals surface area contributed by atoms with Crippen molar-refractivity contribution in [3.05, 3.63) is 75.8 Å². The molecule has 10 heteroatoms. The van der Waals surface area contributed by atoms with Crippen molar-refractivity contribution >= 4 is 52.2 Å². The molecule has 0 saturated carbocycles. The summed E-state index contributed by atoms with van der Waals surface area (Å²) in [6, 6.07) is 14.5. The van der Waals surface area contributed by atoms with E-state index in [9.17, 15) is 14.7 Å². The number of aromatic nitrogens is 1. The first-order valence-electron chi connectivity index (χ1n) is 10.2. The molecule has 1 unspecified atom stereocenters. The van der Waals surface area contributed by atoms with Crippen molar-refractivity contribution in [3.8, 4) is 17.2 Å². The number of carboxylic acids is 1. The van der Waals surface area contributed by atoms with Crippen molar-refractivity contribution in [1.29, 1.82) is 0 Å². The number of benzene rings is 3. The van der Waals surface area contributed by atoms with Crippen LogP contribution in [0.2, 0.25) is 10.0 Å². The lowest BCUT2D eigenvalue weighted by Crippen LogP contribution is -2.20. The normalized spacial score (nSPS) is 14.8. The van der Waals surface area contributed by atoms with Crippen LogP contribution in [0.3, 0.4) is 0 Å². The van der Waals surface area contributed by atoms with Gasteiger partial charge in [0.05, 0.1) is 17.5 Å². The highest BCUT2D eigenvalue weighted by Gasteiger charge is 2.29. The monoisotopic (exact) mass is 498 g/mol. The van der Waals surface area contributed by atoms with E-state index < -0.39 is 17.8 Å². The Hall–Kier alpha value is -3.75. The Bertz CT molecular complexity index is 1420. The summed E-state index contributed by atoms with van der Waals surface area (Å²) < 4.78 is 16.9. The van der Waals surface area contributed by atoms with Gasteiger partial charge in [-0.3, -0.25) is 14.9 Å². The number of rotatable bonds is 5. The van der Waals surface area contributed by atoms with Crippen LogP contribution in [0.4, 0.5) is 6.01 Å². The molecule has 1 aromatic heterocycles. The van der Waals surface area contributed by atoms with Crippen LogP contribution in [-0.4, -0.2) is 28.6 Å². The minimum atomic E-state index is -0.926. The van der Waals surface area contributed by atoms with Gasteiger partial charge in [-0.1, -0.05) is 23.2 Å². The maximum atomic E-state index is 12.6. The summed E-state index contributed by atoms with van der Waals surface area (Å²) in [6.45, 7) is 0.294. The van der Waals surface area contributed by atoms with Crippen molar-refractivity contribution in [3.63, 3.8) is 0 Å². The van der Waals surface area contributed by atoms with Gasteiger partial charge in [0.1, 0.15) is 22.8 Å². The average Bonchev–Trinajstić information content (AvgIpc) is 3.20. The molecule has 172 valence electrons. The molecule has 4 aromatic rings. The second-order valence-corrected chi connectivity index (χ2v) is 8.40. The van der Waals surface area contributed by atoms with E-state index in [1.54, 1.807) is 54.6 Å². The van der Waals surface area contributed by atoms with Gasteiger partial charge in [-0.25, -0.2) is 0 Å². The fourth-order valence-electron chi connectivity index (χ4n) is 3.65. The van der Waals surface area contributed by atoms with Gasteiger partial charge in [0.15, 0.2) is 5.58 Å². The zero-order valence-corrected chi connectivity index (χ0v) is 18.9. The van der Waals surface area contributed by atoms with Crippen molar-refractivity contribution in [2.24, 2.45) is 0 Å². The Balaban J connectivity index is 1.30. The smallest absolute Gasteiger partial charge is 0.311 e. The predicted molar refractivity (Wildman–Crippen MR) is 125 cm³/mol. The Labute approximate surface area is 203 Å². The molecule has 3 aromatic carbocycles. The zero-order chi connectivity index (χ0) is 23.8. The number of fused-ring (bicyclic) bond motifs is 2. The van der Waals surface area contributed by atoms with E-state index >= 15 is 0 Å². The molecule has 34 heavy (non-hydrogen) atoms. The van der Waals surface area contributed by atoms with Crippen molar-refractivity contribution in [2.45, 2.75) is 12.3 Å². The van der Waals surface area contributed by atoms with Gasteiger partial charge in [-0.15, -0.1) is 0 Å². The van der Waals surface area contributed by atoms with Crippen LogP contribution in [0.1, 0.15) is 28.3 Å². The minimum Gasteiger partial charge on any atom is -0.493 e. The molecule has 2 N–H and O–H groups in total. The van der Waals surface area contributed by atoms with E-state index in [1.165, 1.54) is 0 Å². The zero-order valence-electron chi connectivity index (χ0n) is 17.4. The number of hydrogen-bond acceptors (Lipinski definition) is 6. The summed E-state index contributed by atoms with van der Waals surface area (Å²) >= 11 is 12.3. The number of anilines is 1. The number of halogens is 2. The van der Waals surface area contributed by atoms with Gasteiger partial charge in [0.2, 0.25) is 0 Å². The average molecular weight is 499 g/mol. The summed E-state index contributed by atoms with van der Waals surface area (Å²) in [4.78, 5) is 28.3. The van der Waals surface area contributed by atoms with Crippen LogP contribution in [0, 0.1) is 0 Å². The number of aliphatic carboxylic acids is 1. The van der Waals surface area contributed by atoms with E-state index in [2.05, 4.69) is 10.3 Å². The maximum Gasteiger partial charge on any atom is 0.311 e. The van der Waals surface area contributed by atoms with E-state index in [0.29, 0.717) is 57.5 Å². The molecule has 1 atom stereocenters. The van der Waals surface area contributed by atoms with E-state index in [4.69, 9.17) is 37.1 Å². The molecule has 8 nitrogen and oxygen atoms in total. The van der Waals surface area contributed by atoms with Crippen LogP contribution in [-0.2, 0) is 4.79 Å². The first kappa shape index (κ1) is 22.1. The molecule has 2 heterocycles. The number of oxazole rings is 1. The quantitative estimate of drug-likeness (QED) is 0.340. The molecule has 0 bridgehead atoms. The standard InChI is InChI=1S/C24H16Cl2N2O6/c25-13-3-6-19-18(9-13)27-24(34-19)28-22(29)12-1-4-14(5-2-12)33-21-11-20-16(10-17(21)26)15(23(30)31)7-8-32-20/h1-6,9-11,15H,7-8H2,(H,30,31)(H,27,28,29). The third-order valence-corrected chi connectivity index (χ3v) is 5.85. The molecule has 0 fully saturated rings. The van der Waals surface area contributed by atoms with Gasteiger partial charge in [0, 0.05) is 22.2 Å². The SMILES string of the molecule is O=C(Nc1nc2cc(Cl)ccc2o1)c1ccc(Oc2cc3c(cc2Cl)C(C(=O)O)CCO3)cc1. The Morgan fingerprint density at radius 2 is 1.88 bits per heavy atom. The lowest BCUT2D eigenvalue weighted by molar-refractivity contribution is -0.139. The number of ether oxygens (including phenoxy) is 2. The molecular weight excluding hydrogens is 483 g/mol. The number of carboxylic acid groups (broad SMARTS) is 1. The number of nitrogens with zero attached hydrogens (tertiary/aromatic N) is 1. The lowest BCUT2D eigenvalue weighted by Gasteiger charge is -2.24. The molecule has 0 aliphatic carbocycles. The van der Waals surface area contributed by atoms with Crippen LogP contribution in [0.5, 0.6) is 17.2 Å². The third-order valence-electron chi connectivity index (χ3n) is 5.32. The molecule has 0 saturated heterocycles. The van der Waals surface area contributed by atoms with Crippen LogP contribution in [0.25, 0.3) is 11.1 Å². The fourth-order valence-corrected chi connectivity index (χ4v) is 4.03. The highest BCUT2D eigenvalue weighted by molar-refractivity contribution is 6.32. The second kappa shape index (κ2) is 8.89. The Morgan fingerprint density at radius 1 is 1.09 bits per heavy atom. The van der Waals surface area contributed by atoms with Crippen LogP contribution in [0.15, 0.2) is 59.0 Å². The van der Waals surface area contributed by atoms with Crippen LogP contribution < -0.4 is 14.8 Å². The topological polar surface area (TPSA) is 111 Å². The Morgan fingerprint density at radius 3 is 2.65 bits per heavy atom. The van der Waals surface area contributed by atoms with Gasteiger partial charge in [0.25, 0.3) is 5.91 Å². The Kier molecular flexibility index (Phi) is 5.77. The highest BCUT2D eigenvalue weighted by atomic mass is 35.5. The highest BCUT2D eigenvalue weighted by Crippen LogP contribution is 2.41. The molecule has 1 amide bonds. The largest absolute Gasteiger partial charge is 0.493 e. The first-order chi connectivity index (χ1) is 16.4. The number of nitrogens with one attached hydrogen (secondary N) is 1. The number of carbonyl (C=O) groups excluding carboxylic acids is 1. The van der Waals surface area contributed by atoms with Crippen molar-refractivity contribution in [1.82, 2.24) is 4.98 Å². The summed E-state index contributed by atoms with van der Waals surface area (Å²) in [5.41, 5.74) is 1.91. The number of hydrogen-bond donors (Lipinski definition) is 2. The van der Waals surface area contributed by atoms with Crippen molar-refractivity contribution < 1.29 is 28.6 Å². The molecule has 1 aliphatic rings. The third kappa shape index (κ3) is 4.37. The first-order valence-corrected chi connectivity index (χ1v) is 11.0. The molecule has 0 radical (unpaired) electrons. The minimum absolute atomic E-state index is 0.0584. The van der Waals surface area contributed by atoms with Crippen LogP contribution >= 0.6 is 23.2 Å². The molecule has 0 spiro atoms. The number of carbonyl (C=O) groups is 2. The summed E-state index contributed by atoms with van der Waals surface area (Å²) in [5, 5.41) is 12.8. The van der Waals surface area contributed by atoms with Gasteiger partial charge >= 0.3 is 12.0 Å². The van der Waals surface area contributed by atoms with E-state index in [0.717, 1.165) is 0 Å². The predicted octanol–water partition coefficient (Wildman–Crippen LogP) is 6.13. The number of amides is 1. The van der Waals surface area contributed by atoms with Gasteiger partial charge in [-0.05, 0) is 55.0 Å². The van der Waals surface area contributed by atoms with Gasteiger partial charge in [-0.2, -0.15) is 4.98 Å². The summed E-state index contributed by atoms with van der Waals surface area (Å²) in [5.74, 6) is -0.844. The fraction of sp³-hybridized carbons (Fsp3) is 0.125. The second-order valence-electron chi connectivity index (χ2n) is 7.56. The van der Waals surface area contributed by atoms with Crippen molar-refractivity contribution in [2.75, 3.05) is 11.9 Å². The molecule has 5 rings (SSSR count). The maximum absolute atomic E-state index is 12.6. The van der Waals surface area contributed by atoms with Gasteiger partial charge < -0.3 is 19.0 Å². The lowest BCUT2D eigenvalue weighted by atomic mass is 9.93. The molecular formula is C24H16Cl2N2O6. The molecule has 1 aliphatic heterocycles. The summed E-state index contributed by atoms with van der Waals surface area (Å²) in [7, 11) is 0.